The Labute approximate surface area is 75.6 Å². The number of nitrogens with zero attached hydrogens (tertiary/aromatic N) is 4. The van der Waals surface area contributed by atoms with Gasteiger partial charge in [-0.25, -0.2) is 9.97 Å². The minimum absolute atomic E-state index is 0.450. The minimum Gasteiger partial charge on any atom is -0.382 e. The van der Waals surface area contributed by atoms with Gasteiger partial charge in [-0.2, -0.15) is 5.10 Å². The number of hydrogen-bond acceptors (Lipinski definition) is 4. The molecule has 0 saturated heterocycles. The molecule has 0 fully saturated rings. The predicted octanol–water partition coefficient (Wildman–Crippen LogP) is 0.562. The van der Waals surface area contributed by atoms with Crippen molar-refractivity contribution in [3.63, 3.8) is 0 Å². The van der Waals surface area contributed by atoms with E-state index in [0.29, 0.717) is 17.2 Å². The molecule has 0 bridgehead atoms. The van der Waals surface area contributed by atoms with Crippen molar-refractivity contribution in [2.75, 3.05) is 5.73 Å². The number of fused-ring (bicyclic) bond motifs is 1. The SMILES string of the molecule is Cc1nc(N)c2nn(C)c(C)c2n1. The molecule has 0 saturated carbocycles. The van der Waals surface area contributed by atoms with Crippen molar-refractivity contribution >= 4 is 16.9 Å². The van der Waals surface area contributed by atoms with Crippen LogP contribution >= 0.6 is 0 Å². The summed E-state index contributed by atoms with van der Waals surface area (Å²) in [5, 5.41) is 4.22. The van der Waals surface area contributed by atoms with Crippen LogP contribution in [0.5, 0.6) is 0 Å². The molecule has 13 heavy (non-hydrogen) atoms. The highest BCUT2D eigenvalue weighted by Gasteiger charge is 2.10. The van der Waals surface area contributed by atoms with Crippen molar-refractivity contribution in [3.8, 4) is 0 Å². The Hall–Kier alpha value is -1.65. The molecule has 2 aromatic rings. The van der Waals surface area contributed by atoms with E-state index in [9.17, 15) is 0 Å². The van der Waals surface area contributed by atoms with Gasteiger partial charge >= 0.3 is 0 Å². The van der Waals surface area contributed by atoms with E-state index in [1.165, 1.54) is 0 Å². The largest absolute Gasteiger partial charge is 0.382 e. The Kier molecular flexibility index (Phi) is 1.48. The van der Waals surface area contributed by atoms with Gasteiger partial charge in [0.25, 0.3) is 0 Å². The molecule has 0 aliphatic heterocycles. The zero-order valence-electron chi connectivity index (χ0n) is 7.87. The van der Waals surface area contributed by atoms with Gasteiger partial charge in [-0.3, -0.25) is 4.68 Å². The molecule has 0 unspecified atom stereocenters. The molecule has 0 spiro atoms. The third kappa shape index (κ3) is 1.04. The maximum absolute atomic E-state index is 5.71. The summed E-state index contributed by atoms with van der Waals surface area (Å²) in [7, 11) is 1.87. The van der Waals surface area contributed by atoms with Crippen molar-refractivity contribution in [2.24, 2.45) is 7.05 Å². The fraction of sp³-hybridized carbons (Fsp3) is 0.375. The smallest absolute Gasteiger partial charge is 0.155 e. The van der Waals surface area contributed by atoms with Crippen LogP contribution in [0.3, 0.4) is 0 Å². The summed E-state index contributed by atoms with van der Waals surface area (Å²) in [6.07, 6.45) is 0. The zero-order chi connectivity index (χ0) is 9.59. The van der Waals surface area contributed by atoms with Gasteiger partial charge < -0.3 is 5.73 Å². The van der Waals surface area contributed by atoms with Gasteiger partial charge in [-0.15, -0.1) is 0 Å². The molecule has 2 N–H and O–H groups in total. The van der Waals surface area contributed by atoms with Crippen LogP contribution in [0.1, 0.15) is 11.5 Å². The topological polar surface area (TPSA) is 69.6 Å². The molecule has 2 aromatic heterocycles. The van der Waals surface area contributed by atoms with E-state index >= 15 is 0 Å². The van der Waals surface area contributed by atoms with Crippen molar-refractivity contribution in [1.29, 1.82) is 0 Å². The van der Waals surface area contributed by atoms with Crippen LogP contribution in [0.4, 0.5) is 5.82 Å². The third-order valence-electron chi connectivity index (χ3n) is 2.10. The first kappa shape index (κ1) is 7.97. The molecular weight excluding hydrogens is 166 g/mol. The maximum Gasteiger partial charge on any atom is 0.155 e. The van der Waals surface area contributed by atoms with Crippen LogP contribution in [0.2, 0.25) is 0 Å². The lowest BCUT2D eigenvalue weighted by atomic mass is 10.3. The molecule has 5 heteroatoms. The number of anilines is 1. The number of nitrogen functional groups attached to an aromatic ring is 1. The van der Waals surface area contributed by atoms with E-state index in [0.717, 1.165) is 11.2 Å². The number of aryl methyl sites for hydroxylation is 3. The lowest BCUT2D eigenvalue weighted by molar-refractivity contribution is 0.750. The molecule has 2 rings (SSSR count). The second-order valence-corrected chi connectivity index (χ2v) is 3.06. The van der Waals surface area contributed by atoms with Gasteiger partial charge in [0, 0.05) is 7.05 Å². The van der Waals surface area contributed by atoms with Gasteiger partial charge in [-0.05, 0) is 13.8 Å². The van der Waals surface area contributed by atoms with Gasteiger partial charge in [0.1, 0.15) is 11.3 Å². The number of rotatable bonds is 0. The van der Waals surface area contributed by atoms with E-state index in [-0.39, 0.29) is 0 Å². The fourth-order valence-corrected chi connectivity index (χ4v) is 1.32. The Bertz CT molecular complexity index is 471. The van der Waals surface area contributed by atoms with E-state index < -0.39 is 0 Å². The normalized spacial score (nSPS) is 11.0. The van der Waals surface area contributed by atoms with Crippen molar-refractivity contribution in [3.05, 3.63) is 11.5 Å². The summed E-state index contributed by atoms with van der Waals surface area (Å²) in [5.41, 5.74) is 8.25. The van der Waals surface area contributed by atoms with Gasteiger partial charge in [0.2, 0.25) is 0 Å². The summed E-state index contributed by atoms with van der Waals surface area (Å²) in [5.74, 6) is 1.13. The van der Waals surface area contributed by atoms with Crippen LogP contribution in [0.15, 0.2) is 0 Å². The molecule has 0 radical (unpaired) electrons. The second-order valence-electron chi connectivity index (χ2n) is 3.06. The summed E-state index contributed by atoms with van der Waals surface area (Å²) < 4.78 is 1.76. The lowest BCUT2D eigenvalue weighted by Gasteiger charge is -1.95. The monoisotopic (exact) mass is 177 g/mol. The highest BCUT2D eigenvalue weighted by molar-refractivity contribution is 5.85. The Morgan fingerprint density at radius 1 is 1.15 bits per heavy atom. The van der Waals surface area contributed by atoms with Crippen LogP contribution in [-0.2, 0) is 7.05 Å². The number of nitrogens with two attached hydrogens (primary N) is 1. The molecule has 0 amide bonds. The average Bonchev–Trinajstić information content (AvgIpc) is 2.32. The lowest BCUT2D eigenvalue weighted by Crippen LogP contribution is -1.96. The summed E-state index contributed by atoms with van der Waals surface area (Å²) >= 11 is 0. The highest BCUT2D eigenvalue weighted by atomic mass is 15.3. The van der Waals surface area contributed by atoms with Crippen LogP contribution in [0.25, 0.3) is 11.0 Å². The molecule has 0 atom stereocenters. The molecule has 2 heterocycles. The van der Waals surface area contributed by atoms with Gasteiger partial charge in [0.15, 0.2) is 11.3 Å². The average molecular weight is 177 g/mol. The molecule has 0 aromatic carbocycles. The van der Waals surface area contributed by atoms with Crippen molar-refractivity contribution in [2.45, 2.75) is 13.8 Å². The fourth-order valence-electron chi connectivity index (χ4n) is 1.32. The minimum atomic E-state index is 0.450. The number of hydrogen-bond donors (Lipinski definition) is 1. The van der Waals surface area contributed by atoms with Crippen LogP contribution in [-0.4, -0.2) is 19.7 Å². The van der Waals surface area contributed by atoms with Crippen LogP contribution in [0, 0.1) is 13.8 Å². The first-order chi connectivity index (χ1) is 6.09. The van der Waals surface area contributed by atoms with Crippen molar-refractivity contribution < 1.29 is 0 Å². The zero-order valence-corrected chi connectivity index (χ0v) is 7.87. The van der Waals surface area contributed by atoms with E-state index in [1.54, 1.807) is 4.68 Å². The Morgan fingerprint density at radius 3 is 2.54 bits per heavy atom. The van der Waals surface area contributed by atoms with E-state index in [2.05, 4.69) is 15.1 Å². The first-order valence-electron chi connectivity index (χ1n) is 4.03. The summed E-state index contributed by atoms with van der Waals surface area (Å²) in [6, 6.07) is 0. The summed E-state index contributed by atoms with van der Waals surface area (Å²) in [4.78, 5) is 8.33. The molecule has 0 aliphatic carbocycles. The quantitative estimate of drug-likeness (QED) is 0.638. The highest BCUT2D eigenvalue weighted by Crippen LogP contribution is 2.18. The second kappa shape index (κ2) is 2.42. The standard InChI is InChI=1S/C8H11N5/c1-4-6-7(12-13(4)3)8(9)11-5(2)10-6/h1-3H3,(H2,9,10,11). The first-order valence-corrected chi connectivity index (χ1v) is 4.03. The Balaban J connectivity index is 2.94. The van der Waals surface area contributed by atoms with Crippen LogP contribution < -0.4 is 5.73 Å². The molecule has 68 valence electrons. The van der Waals surface area contributed by atoms with E-state index in [1.807, 2.05) is 20.9 Å². The van der Waals surface area contributed by atoms with Gasteiger partial charge in [-0.1, -0.05) is 0 Å². The molecule has 5 nitrogen and oxygen atoms in total. The molecule has 0 aliphatic rings. The summed E-state index contributed by atoms with van der Waals surface area (Å²) in [6.45, 7) is 3.78. The van der Waals surface area contributed by atoms with Gasteiger partial charge in [0.05, 0.1) is 5.69 Å². The Morgan fingerprint density at radius 2 is 1.85 bits per heavy atom. The predicted molar refractivity (Wildman–Crippen MR) is 50.2 cm³/mol. The third-order valence-corrected chi connectivity index (χ3v) is 2.10. The maximum atomic E-state index is 5.71. The van der Waals surface area contributed by atoms with Crippen molar-refractivity contribution in [1.82, 2.24) is 19.7 Å². The van der Waals surface area contributed by atoms with E-state index in [4.69, 9.17) is 5.73 Å². The molecular formula is C8H11N5. The number of aromatic nitrogens is 4.